The number of nitrogens with zero attached hydrogens (tertiary/aromatic N) is 3. The highest BCUT2D eigenvalue weighted by Crippen LogP contribution is 2.45. The monoisotopic (exact) mass is 523 g/mol. The van der Waals surface area contributed by atoms with E-state index in [0.29, 0.717) is 6.42 Å². The Hall–Kier alpha value is -3.46. The van der Waals surface area contributed by atoms with E-state index in [1.54, 1.807) is 6.92 Å². The van der Waals surface area contributed by atoms with Crippen LogP contribution in [0.2, 0.25) is 0 Å². The van der Waals surface area contributed by atoms with Crippen molar-refractivity contribution in [1.82, 2.24) is 15.2 Å². The maximum atomic E-state index is 12.9. The Bertz CT molecular complexity index is 1300. The number of carboxylic acids is 1. The number of β-lactam (4-membered cyclic amide) rings is 1. The van der Waals surface area contributed by atoms with E-state index in [0.717, 1.165) is 23.1 Å². The van der Waals surface area contributed by atoms with Crippen molar-refractivity contribution in [2.24, 2.45) is 5.16 Å². The zero-order chi connectivity index (χ0) is 25.5. The number of oxime groups is 1. The van der Waals surface area contributed by atoms with Gasteiger partial charge in [-0.1, -0.05) is 12.1 Å². The number of hydrogen-bond acceptors (Lipinski definition) is 12. The van der Waals surface area contributed by atoms with Crippen LogP contribution >= 0.6 is 23.1 Å². The Morgan fingerprint density at radius 2 is 2.11 bits per heavy atom. The lowest BCUT2D eigenvalue weighted by Gasteiger charge is -2.53. The minimum Gasteiger partial charge on any atom is -0.489 e. The van der Waals surface area contributed by atoms with Gasteiger partial charge < -0.3 is 30.6 Å². The number of nitrogens with two attached hydrogens (primary N) is 1. The fraction of sp³-hybridized carbons (Fsp3) is 0.450. The third-order valence-corrected chi connectivity index (χ3v) is 7.94. The van der Waals surface area contributed by atoms with Gasteiger partial charge in [0, 0.05) is 17.7 Å². The number of amides is 2. The number of thiazole rings is 1. The van der Waals surface area contributed by atoms with Crippen LogP contribution in [0.4, 0.5) is 5.13 Å². The van der Waals surface area contributed by atoms with Crippen molar-refractivity contribution in [3.8, 4) is 5.75 Å². The molecule has 2 saturated heterocycles. The summed E-state index contributed by atoms with van der Waals surface area (Å²) in [5.41, 5.74) is 1.83. The summed E-state index contributed by atoms with van der Waals surface area (Å²) in [6, 6.07) is -0.958. The molecule has 15 heteroatoms. The van der Waals surface area contributed by atoms with Crippen molar-refractivity contribution in [3.63, 3.8) is 0 Å². The van der Waals surface area contributed by atoms with Crippen molar-refractivity contribution < 1.29 is 29.1 Å². The first-order chi connectivity index (χ1) is 16.7. The molecule has 1 aromatic carbocycles. The fourth-order valence-electron chi connectivity index (χ4n) is 4.01. The Kier molecular flexibility index (Phi) is 6.55. The molecule has 2 fully saturated rings. The molecule has 2 aromatic rings. The Balaban J connectivity index is 1.53. The third-order valence-electron chi connectivity index (χ3n) is 5.74. The van der Waals surface area contributed by atoms with Gasteiger partial charge in [-0.05, 0) is 6.42 Å². The number of carbonyl (C=O) groups excluding carboxylic acids is 2. The smallest absolute Gasteiger partial charge is 0.317 e. The van der Waals surface area contributed by atoms with E-state index in [1.807, 2.05) is 0 Å². The molecule has 4 rings (SSSR count). The topological polar surface area (TPSA) is 191 Å². The molecule has 186 valence electrons. The number of carbonyl (C=O) groups is 3. The van der Waals surface area contributed by atoms with Crippen LogP contribution in [-0.2, 0) is 24.6 Å². The van der Waals surface area contributed by atoms with Crippen molar-refractivity contribution in [3.05, 3.63) is 37.1 Å². The summed E-state index contributed by atoms with van der Waals surface area (Å²) in [5.74, 6) is -2.95. The average molecular weight is 524 g/mol. The minimum atomic E-state index is -1.79. The van der Waals surface area contributed by atoms with Gasteiger partial charge in [0.2, 0.25) is 11.3 Å². The van der Waals surface area contributed by atoms with Crippen LogP contribution in [0.1, 0.15) is 24.6 Å². The number of hydrogen-bond donors (Lipinski definition) is 3. The standard InChI is InChI=1S/C20H21N5O8S2/c1-3-4-33-14-9(12(26)13(14)27)20(18(30)31)6-25-16(29)11(17(25)35-7-20)23-15(28)10(24-32-2)8-5-34-19(21)22-8/h5,11,17H,3-4,6-7H2,1-2H3,(H2,21,22)(H,23,28)(H,30,31)/t11?,17-,20?/m1/s1. The zero-order valence-corrected chi connectivity index (χ0v) is 20.2. The van der Waals surface area contributed by atoms with E-state index in [1.165, 1.54) is 17.4 Å². The van der Waals surface area contributed by atoms with Crippen molar-refractivity contribution in [2.45, 2.75) is 30.2 Å². The average Bonchev–Trinajstić information content (AvgIpc) is 3.27. The van der Waals surface area contributed by atoms with E-state index < -0.39 is 45.5 Å². The second-order valence-corrected chi connectivity index (χ2v) is 9.91. The highest BCUT2D eigenvalue weighted by molar-refractivity contribution is 8.00. The molecular formula is C20H21N5O8S2. The summed E-state index contributed by atoms with van der Waals surface area (Å²) in [5, 5.41) is 17.5. The Morgan fingerprint density at radius 1 is 1.37 bits per heavy atom. The summed E-state index contributed by atoms with van der Waals surface area (Å²) >= 11 is 2.19. The van der Waals surface area contributed by atoms with Gasteiger partial charge in [0.25, 0.3) is 11.3 Å². The summed E-state index contributed by atoms with van der Waals surface area (Å²) < 4.78 is 5.36. The summed E-state index contributed by atoms with van der Waals surface area (Å²) in [4.78, 5) is 72.4. The van der Waals surface area contributed by atoms with Gasteiger partial charge in [-0.25, -0.2) is 4.98 Å². The van der Waals surface area contributed by atoms with Crippen LogP contribution in [-0.4, -0.2) is 75.9 Å². The number of fused-ring (bicyclic) bond motifs is 1. The molecule has 3 heterocycles. The van der Waals surface area contributed by atoms with Crippen molar-refractivity contribution in [2.75, 3.05) is 31.7 Å². The molecule has 0 aliphatic carbocycles. The number of nitrogen functional groups attached to an aromatic ring is 1. The van der Waals surface area contributed by atoms with Gasteiger partial charge in [0.1, 0.15) is 29.6 Å². The van der Waals surface area contributed by atoms with Crippen LogP contribution in [0.3, 0.4) is 0 Å². The molecule has 4 N–H and O–H groups in total. The lowest BCUT2D eigenvalue weighted by molar-refractivity contribution is -0.154. The molecule has 35 heavy (non-hydrogen) atoms. The molecule has 0 bridgehead atoms. The second kappa shape index (κ2) is 9.30. The quantitative estimate of drug-likeness (QED) is 0.156. The predicted octanol–water partition coefficient (Wildman–Crippen LogP) is -1.12. The zero-order valence-electron chi connectivity index (χ0n) is 18.6. The van der Waals surface area contributed by atoms with Gasteiger partial charge in [-0.15, -0.1) is 23.1 Å². The van der Waals surface area contributed by atoms with Crippen molar-refractivity contribution >= 4 is 51.7 Å². The number of aliphatic carboxylic acids is 1. The lowest BCUT2D eigenvalue weighted by Crippen LogP contribution is -2.75. The van der Waals surface area contributed by atoms with Crippen LogP contribution < -0.4 is 26.6 Å². The van der Waals surface area contributed by atoms with Gasteiger partial charge in [-0.3, -0.25) is 24.0 Å². The van der Waals surface area contributed by atoms with Crippen molar-refractivity contribution in [1.29, 1.82) is 0 Å². The number of carboxylic acid groups (broad SMARTS) is 1. The Labute approximate surface area is 206 Å². The molecule has 2 unspecified atom stereocenters. The van der Waals surface area contributed by atoms with E-state index in [4.69, 9.17) is 15.3 Å². The normalized spacial score (nSPS) is 24.0. The van der Waals surface area contributed by atoms with Gasteiger partial charge in [0.05, 0.1) is 12.2 Å². The molecule has 3 atom stereocenters. The van der Waals surface area contributed by atoms with Crippen LogP contribution in [0.25, 0.3) is 0 Å². The van der Waals surface area contributed by atoms with Gasteiger partial charge >= 0.3 is 5.97 Å². The molecule has 0 saturated carbocycles. The second-order valence-electron chi connectivity index (χ2n) is 7.91. The number of aromatic nitrogens is 1. The SMILES string of the molecule is CCCOc1c(C2(C(=O)O)CS[C@@H]3C(NC(=O)C(=NOC)c4csc(N)n4)C(=O)N3C2)c(=O)c1=O. The van der Waals surface area contributed by atoms with Gasteiger partial charge in [-0.2, -0.15) is 0 Å². The third kappa shape index (κ3) is 3.93. The molecule has 2 amide bonds. The number of rotatable bonds is 9. The number of anilines is 1. The summed E-state index contributed by atoms with van der Waals surface area (Å²) in [7, 11) is 1.25. The predicted molar refractivity (Wildman–Crippen MR) is 126 cm³/mol. The van der Waals surface area contributed by atoms with E-state index in [-0.39, 0.29) is 46.8 Å². The van der Waals surface area contributed by atoms with E-state index in [9.17, 15) is 29.1 Å². The number of thioether (sulfide) groups is 1. The van der Waals surface area contributed by atoms with E-state index in [2.05, 4.69) is 15.5 Å². The molecule has 2 aliphatic heterocycles. The first-order valence-electron chi connectivity index (χ1n) is 10.4. The molecular weight excluding hydrogens is 502 g/mol. The number of nitrogens with one attached hydrogen (secondary N) is 1. The van der Waals surface area contributed by atoms with Crippen LogP contribution in [0, 0.1) is 0 Å². The first-order valence-corrected chi connectivity index (χ1v) is 12.3. The maximum absolute atomic E-state index is 12.9. The van der Waals surface area contributed by atoms with Gasteiger partial charge in [0.15, 0.2) is 16.6 Å². The maximum Gasteiger partial charge on any atom is 0.317 e. The largest absolute Gasteiger partial charge is 0.489 e. The summed E-state index contributed by atoms with van der Waals surface area (Å²) in [6.45, 7) is 1.62. The van der Waals surface area contributed by atoms with Crippen LogP contribution in [0.5, 0.6) is 5.75 Å². The molecule has 1 aromatic heterocycles. The number of ether oxygens (including phenoxy) is 1. The fourth-order valence-corrected chi connectivity index (χ4v) is 6.11. The first kappa shape index (κ1) is 24.7. The summed E-state index contributed by atoms with van der Waals surface area (Å²) in [6.07, 6.45) is 0.559. The molecule has 2 aliphatic rings. The van der Waals surface area contributed by atoms with Crippen LogP contribution in [0.15, 0.2) is 20.1 Å². The Morgan fingerprint density at radius 3 is 2.71 bits per heavy atom. The molecule has 0 spiro atoms. The highest BCUT2D eigenvalue weighted by Gasteiger charge is 2.60. The van der Waals surface area contributed by atoms with E-state index >= 15 is 0 Å². The minimum absolute atomic E-state index is 0.0991. The molecule has 13 nitrogen and oxygen atoms in total. The highest BCUT2D eigenvalue weighted by atomic mass is 32.2. The molecule has 0 radical (unpaired) electrons. The lowest BCUT2D eigenvalue weighted by atomic mass is 9.77.